The SMILES string of the molecule is COc1cccc2c1OCC(C(=O)N1CCNC[C@@H]1C)=C2. The molecule has 1 aromatic carbocycles. The van der Waals surface area contributed by atoms with Crippen LogP contribution in [0.4, 0.5) is 0 Å². The van der Waals surface area contributed by atoms with Crippen LogP contribution in [0.1, 0.15) is 12.5 Å². The number of ether oxygens (including phenoxy) is 2. The minimum atomic E-state index is 0.0671. The molecule has 0 bridgehead atoms. The highest BCUT2D eigenvalue weighted by molar-refractivity contribution is 5.99. The fourth-order valence-corrected chi connectivity index (χ4v) is 2.79. The van der Waals surface area contributed by atoms with Gasteiger partial charge in [-0.05, 0) is 19.1 Å². The van der Waals surface area contributed by atoms with E-state index in [1.165, 1.54) is 0 Å². The first-order valence-electron chi connectivity index (χ1n) is 7.22. The Morgan fingerprint density at radius 1 is 1.48 bits per heavy atom. The number of piperazine rings is 1. The summed E-state index contributed by atoms with van der Waals surface area (Å²) in [6, 6.07) is 5.90. The van der Waals surface area contributed by atoms with Gasteiger partial charge in [0, 0.05) is 31.2 Å². The van der Waals surface area contributed by atoms with Crippen molar-refractivity contribution in [1.82, 2.24) is 10.2 Å². The Bertz CT molecular complexity index is 583. The third-order valence-electron chi connectivity index (χ3n) is 3.97. The van der Waals surface area contributed by atoms with Gasteiger partial charge >= 0.3 is 0 Å². The molecule has 1 fully saturated rings. The van der Waals surface area contributed by atoms with E-state index in [1.807, 2.05) is 29.2 Å². The monoisotopic (exact) mass is 288 g/mol. The van der Waals surface area contributed by atoms with Crippen LogP contribution in [0.25, 0.3) is 6.08 Å². The molecular weight excluding hydrogens is 268 g/mol. The molecule has 0 spiro atoms. The molecule has 0 saturated carbocycles. The zero-order chi connectivity index (χ0) is 14.8. The van der Waals surface area contributed by atoms with Gasteiger partial charge in [0.15, 0.2) is 11.5 Å². The van der Waals surface area contributed by atoms with E-state index < -0.39 is 0 Å². The van der Waals surface area contributed by atoms with E-state index in [0.29, 0.717) is 23.7 Å². The van der Waals surface area contributed by atoms with Crippen LogP contribution in [-0.4, -0.2) is 50.2 Å². The lowest BCUT2D eigenvalue weighted by Gasteiger charge is -2.35. The summed E-state index contributed by atoms with van der Waals surface area (Å²) in [6.07, 6.45) is 1.92. The third kappa shape index (κ3) is 2.61. The van der Waals surface area contributed by atoms with Crippen molar-refractivity contribution in [2.45, 2.75) is 13.0 Å². The first kappa shape index (κ1) is 13.9. The minimum absolute atomic E-state index is 0.0671. The van der Waals surface area contributed by atoms with Crippen LogP contribution in [0.3, 0.4) is 0 Å². The van der Waals surface area contributed by atoms with Crippen LogP contribution >= 0.6 is 0 Å². The van der Waals surface area contributed by atoms with E-state index in [4.69, 9.17) is 9.47 Å². The van der Waals surface area contributed by atoms with Crippen LogP contribution in [0.15, 0.2) is 23.8 Å². The Morgan fingerprint density at radius 3 is 3.10 bits per heavy atom. The average Bonchev–Trinajstić information content (AvgIpc) is 2.53. The molecule has 5 nitrogen and oxygen atoms in total. The average molecular weight is 288 g/mol. The second-order valence-electron chi connectivity index (χ2n) is 5.39. The highest BCUT2D eigenvalue weighted by Gasteiger charge is 2.28. The smallest absolute Gasteiger partial charge is 0.253 e. The second-order valence-corrected chi connectivity index (χ2v) is 5.39. The van der Waals surface area contributed by atoms with Gasteiger partial charge in [0.1, 0.15) is 6.61 Å². The highest BCUT2D eigenvalue weighted by atomic mass is 16.5. The molecule has 1 N–H and O–H groups in total. The minimum Gasteiger partial charge on any atom is -0.493 e. The van der Waals surface area contributed by atoms with Crippen molar-refractivity contribution >= 4 is 12.0 Å². The molecule has 0 aromatic heterocycles. The van der Waals surface area contributed by atoms with Crippen LogP contribution < -0.4 is 14.8 Å². The van der Waals surface area contributed by atoms with Gasteiger partial charge in [-0.25, -0.2) is 0 Å². The van der Waals surface area contributed by atoms with E-state index >= 15 is 0 Å². The van der Waals surface area contributed by atoms with E-state index in [2.05, 4.69) is 12.2 Å². The molecular formula is C16H20N2O3. The number of benzene rings is 1. The third-order valence-corrected chi connectivity index (χ3v) is 3.97. The van der Waals surface area contributed by atoms with Crippen LogP contribution in [-0.2, 0) is 4.79 Å². The Labute approximate surface area is 124 Å². The summed E-state index contributed by atoms with van der Waals surface area (Å²) in [5.74, 6) is 1.48. The molecule has 2 aliphatic rings. The van der Waals surface area contributed by atoms with Gasteiger partial charge in [-0.3, -0.25) is 4.79 Å². The van der Waals surface area contributed by atoms with Gasteiger partial charge in [-0.15, -0.1) is 0 Å². The number of fused-ring (bicyclic) bond motifs is 1. The number of hydrogen-bond donors (Lipinski definition) is 1. The van der Waals surface area contributed by atoms with Crippen molar-refractivity contribution in [3.05, 3.63) is 29.3 Å². The maximum atomic E-state index is 12.6. The number of nitrogens with zero attached hydrogens (tertiary/aromatic N) is 1. The number of rotatable bonds is 2. The van der Waals surface area contributed by atoms with E-state index in [0.717, 1.165) is 25.2 Å². The summed E-state index contributed by atoms with van der Waals surface area (Å²) in [4.78, 5) is 14.6. The van der Waals surface area contributed by atoms with E-state index in [9.17, 15) is 4.79 Å². The topological polar surface area (TPSA) is 50.8 Å². The summed E-state index contributed by atoms with van der Waals surface area (Å²) < 4.78 is 11.0. The van der Waals surface area contributed by atoms with Crippen molar-refractivity contribution in [1.29, 1.82) is 0 Å². The molecule has 2 heterocycles. The Morgan fingerprint density at radius 2 is 2.33 bits per heavy atom. The molecule has 2 aliphatic heterocycles. The molecule has 1 saturated heterocycles. The quantitative estimate of drug-likeness (QED) is 0.891. The van der Waals surface area contributed by atoms with Crippen LogP contribution in [0.5, 0.6) is 11.5 Å². The summed E-state index contributed by atoms with van der Waals surface area (Å²) in [5.41, 5.74) is 1.59. The summed E-state index contributed by atoms with van der Waals surface area (Å²) in [6.45, 7) is 4.77. The Hall–Kier alpha value is -2.01. The predicted molar refractivity (Wildman–Crippen MR) is 80.5 cm³/mol. The number of nitrogens with one attached hydrogen (secondary N) is 1. The van der Waals surface area contributed by atoms with E-state index in [-0.39, 0.29) is 11.9 Å². The molecule has 1 atom stereocenters. The fraction of sp³-hybridized carbons (Fsp3) is 0.438. The molecule has 21 heavy (non-hydrogen) atoms. The van der Waals surface area contributed by atoms with E-state index in [1.54, 1.807) is 7.11 Å². The number of carbonyl (C=O) groups is 1. The lowest BCUT2D eigenvalue weighted by Crippen LogP contribution is -2.53. The van der Waals surface area contributed by atoms with Crippen LogP contribution in [0, 0.1) is 0 Å². The molecule has 5 heteroatoms. The summed E-state index contributed by atoms with van der Waals surface area (Å²) >= 11 is 0. The van der Waals surface area contributed by atoms with Gasteiger partial charge in [0.25, 0.3) is 5.91 Å². The summed E-state index contributed by atoms with van der Waals surface area (Å²) in [5, 5.41) is 3.29. The van der Waals surface area contributed by atoms with Gasteiger partial charge in [0.05, 0.1) is 12.7 Å². The van der Waals surface area contributed by atoms with Crippen molar-refractivity contribution in [2.24, 2.45) is 0 Å². The molecule has 3 rings (SSSR count). The predicted octanol–water partition coefficient (Wildman–Crippen LogP) is 1.29. The van der Waals surface area contributed by atoms with Crippen LogP contribution in [0.2, 0.25) is 0 Å². The first-order valence-corrected chi connectivity index (χ1v) is 7.22. The number of carbonyl (C=O) groups excluding carboxylic acids is 1. The second kappa shape index (κ2) is 5.77. The van der Waals surface area contributed by atoms with Gasteiger partial charge in [0.2, 0.25) is 0 Å². The number of methoxy groups -OCH3 is 1. The summed E-state index contributed by atoms with van der Waals surface area (Å²) in [7, 11) is 1.62. The van der Waals surface area contributed by atoms with Gasteiger partial charge < -0.3 is 19.7 Å². The standard InChI is InChI=1S/C16H20N2O3/c1-11-9-17-6-7-18(11)16(19)13-8-12-4-3-5-14(20-2)15(12)21-10-13/h3-5,8,11,17H,6-7,9-10H2,1-2H3/t11-/m0/s1. The molecule has 0 aliphatic carbocycles. The van der Waals surface area contributed by atoms with Gasteiger partial charge in [-0.1, -0.05) is 12.1 Å². The highest BCUT2D eigenvalue weighted by Crippen LogP contribution is 2.35. The van der Waals surface area contributed by atoms with Crippen molar-refractivity contribution in [3.8, 4) is 11.5 Å². The zero-order valence-corrected chi connectivity index (χ0v) is 12.4. The van der Waals surface area contributed by atoms with Gasteiger partial charge in [-0.2, -0.15) is 0 Å². The Kier molecular flexibility index (Phi) is 3.84. The van der Waals surface area contributed by atoms with Crippen molar-refractivity contribution in [2.75, 3.05) is 33.4 Å². The molecule has 1 aromatic rings. The molecule has 0 unspecified atom stereocenters. The maximum Gasteiger partial charge on any atom is 0.253 e. The zero-order valence-electron chi connectivity index (χ0n) is 12.4. The Balaban J connectivity index is 1.86. The first-order chi connectivity index (χ1) is 10.2. The largest absolute Gasteiger partial charge is 0.493 e. The number of amides is 1. The van der Waals surface area contributed by atoms with Crippen molar-refractivity contribution < 1.29 is 14.3 Å². The lowest BCUT2D eigenvalue weighted by molar-refractivity contribution is -0.130. The lowest BCUT2D eigenvalue weighted by atomic mass is 10.0. The number of para-hydroxylation sites is 1. The van der Waals surface area contributed by atoms with Crippen molar-refractivity contribution in [3.63, 3.8) is 0 Å². The molecule has 1 amide bonds. The number of hydrogen-bond acceptors (Lipinski definition) is 4. The normalized spacial score (nSPS) is 21.1. The fourth-order valence-electron chi connectivity index (χ4n) is 2.79. The maximum absolute atomic E-state index is 12.6. The molecule has 112 valence electrons. The molecule has 0 radical (unpaired) electrons.